The summed E-state index contributed by atoms with van der Waals surface area (Å²) in [5, 5.41) is 3.52. The topological polar surface area (TPSA) is 61.0 Å². The Labute approximate surface area is 123 Å². The molecule has 0 bridgehead atoms. The van der Waals surface area contributed by atoms with Crippen LogP contribution in [0.15, 0.2) is 16.7 Å². The van der Waals surface area contributed by atoms with E-state index in [1.165, 1.54) is 4.88 Å². The maximum absolute atomic E-state index is 12.0. The Morgan fingerprint density at radius 1 is 1.63 bits per heavy atom. The van der Waals surface area contributed by atoms with E-state index in [0.29, 0.717) is 10.8 Å². The zero-order valence-corrected chi connectivity index (χ0v) is 12.8. The first-order valence-electron chi connectivity index (χ1n) is 5.94. The number of H-pyrrole nitrogens is 1. The Bertz CT molecular complexity index is 621. The van der Waals surface area contributed by atoms with Crippen molar-refractivity contribution >= 4 is 38.3 Å². The van der Waals surface area contributed by atoms with Gasteiger partial charge in [-0.05, 0) is 29.0 Å². The Balaban J connectivity index is 1.75. The summed E-state index contributed by atoms with van der Waals surface area (Å²) in [7, 11) is 2.09. The summed E-state index contributed by atoms with van der Waals surface area (Å²) in [6.07, 6.45) is 2.68. The molecule has 0 aromatic carbocycles. The molecule has 0 spiro atoms. The molecule has 2 aromatic rings. The molecule has 2 N–H and O–H groups in total. The van der Waals surface area contributed by atoms with Crippen molar-refractivity contribution in [2.75, 3.05) is 18.9 Å². The Kier molecular flexibility index (Phi) is 3.42. The maximum atomic E-state index is 12.0. The smallest absolute Gasteiger partial charge is 0.273 e. The van der Waals surface area contributed by atoms with Crippen molar-refractivity contribution in [1.82, 2.24) is 14.9 Å². The summed E-state index contributed by atoms with van der Waals surface area (Å²) in [5.41, 5.74) is 1.64. The van der Waals surface area contributed by atoms with Crippen molar-refractivity contribution in [1.29, 1.82) is 0 Å². The lowest BCUT2D eigenvalue weighted by Crippen LogP contribution is -2.25. The lowest BCUT2D eigenvalue weighted by atomic mass is 10.2. The molecular weight excluding hydrogens is 328 g/mol. The maximum Gasteiger partial charge on any atom is 0.273 e. The number of aromatic amines is 1. The molecule has 3 heterocycles. The lowest BCUT2D eigenvalue weighted by Gasteiger charge is -2.20. The molecule has 7 heteroatoms. The number of rotatable bonds is 2. The molecule has 0 fully saturated rings. The van der Waals surface area contributed by atoms with Gasteiger partial charge in [0.05, 0.1) is 5.69 Å². The van der Waals surface area contributed by atoms with Crippen LogP contribution in [0.4, 0.5) is 5.13 Å². The van der Waals surface area contributed by atoms with Gasteiger partial charge in [0.25, 0.3) is 5.91 Å². The summed E-state index contributed by atoms with van der Waals surface area (Å²) in [4.78, 5) is 22.9. The molecule has 0 saturated heterocycles. The number of carbonyl (C=O) groups is 1. The van der Waals surface area contributed by atoms with E-state index < -0.39 is 0 Å². The molecule has 0 saturated carbocycles. The van der Waals surface area contributed by atoms with Crippen LogP contribution in [0.25, 0.3) is 0 Å². The second kappa shape index (κ2) is 5.07. The van der Waals surface area contributed by atoms with Crippen LogP contribution >= 0.6 is 27.3 Å². The normalized spacial score (nSPS) is 15.3. The van der Waals surface area contributed by atoms with Gasteiger partial charge in [-0.3, -0.25) is 10.1 Å². The highest BCUT2D eigenvalue weighted by molar-refractivity contribution is 9.10. The monoisotopic (exact) mass is 340 g/mol. The zero-order chi connectivity index (χ0) is 13.4. The molecule has 3 rings (SSSR count). The van der Waals surface area contributed by atoms with Crippen LogP contribution in [-0.4, -0.2) is 34.4 Å². The Morgan fingerprint density at radius 2 is 2.47 bits per heavy atom. The first-order chi connectivity index (χ1) is 9.11. The van der Waals surface area contributed by atoms with E-state index in [4.69, 9.17) is 0 Å². The molecule has 5 nitrogen and oxygen atoms in total. The SMILES string of the molecule is CN1CCc2nc(NC(=O)c3cc(Br)c[nH]3)sc2C1. The van der Waals surface area contributed by atoms with Crippen LogP contribution in [0.3, 0.4) is 0 Å². The standard InChI is InChI=1S/C12H13BrN4OS/c1-17-3-2-8-10(6-17)19-12(15-8)16-11(18)9-4-7(13)5-14-9/h4-5,14H,2-3,6H2,1H3,(H,15,16,18). The fraction of sp³-hybridized carbons (Fsp3) is 0.333. The van der Waals surface area contributed by atoms with Crippen molar-refractivity contribution in [2.24, 2.45) is 0 Å². The predicted octanol–water partition coefficient (Wildman–Crippen LogP) is 2.47. The van der Waals surface area contributed by atoms with E-state index in [0.717, 1.165) is 29.7 Å². The summed E-state index contributed by atoms with van der Waals surface area (Å²) in [6, 6.07) is 1.75. The molecule has 1 aliphatic rings. The van der Waals surface area contributed by atoms with Crippen molar-refractivity contribution in [3.05, 3.63) is 33.0 Å². The molecule has 2 aromatic heterocycles. The van der Waals surface area contributed by atoms with E-state index in [-0.39, 0.29) is 5.91 Å². The van der Waals surface area contributed by atoms with Crippen molar-refractivity contribution in [3.63, 3.8) is 0 Å². The summed E-state index contributed by atoms with van der Waals surface area (Å²) < 4.78 is 0.859. The molecule has 100 valence electrons. The number of nitrogens with one attached hydrogen (secondary N) is 2. The third-order valence-electron chi connectivity index (χ3n) is 3.03. The van der Waals surface area contributed by atoms with E-state index in [2.05, 4.69) is 43.2 Å². The molecule has 0 atom stereocenters. The molecule has 1 aliphatic heterocycles. The van der Waals surface area contributed by atoms with Gasteiger partial charge in [0.15, 0.2) is 5.13 Å². The number of thiazole rings is 1. The van der Waals surface area contributed by atoms with Gasteiger partial charge in [-0.25, -0.2) is 4.98 Å². The second-order valence-corrected chi connectivity index (χ2v) is 6.56. The van der Waals surface area contributed by atoms with E-state index in [1.54, 1.807) is 23.6 Å². The van der Waals surface area contributed by atoms with Crippen LogP contribution in [0.2, 0.25) is 0 Å². The minimum absolute atomic E-state index is 0.162. The fourth-order valence-corrected chi connectivity index (χ4v) is 3.47. The quantitative estimate of drug-likeness (QED) is 0.882. The van der Waals surface area contributed by atoms with Crippen LogP contribution in [0.1, 0.15) is 21.1 Å². The third kappa shape index (κ3) is 2.72. The van der Waals surface area contributed by atoms with E-state index >= 15 is 0 Å². The average Bonchev–Trinajstić information content (AvgIpc) is 2.94. The lowest BCUT2D eigenvalue weighted by molar-refractivity contribution is 0.102. The van der Waals surface area contributed by atoms with Crippen molar-refractivity contribution < 1.29 is 4.79 Å². The summed E-state index contributed by atoms with van der Waals surface area (Å²) in [5.74, 6) is -0.162. The van der Waals surface area contributed by atoms with Gasteiger partial charge in [0.1, 0.15) is 5.69 Å². The highest BCUT2D eigenvalue weighted by atomic mass is 79.9. The largest absolute Gasteiger partial charge is 0.356 e. The average molecular weight is 341 g/mol. The minimum Gasteiger partial charge on any atom is -0.356 e. The summed E-state index contributed by atoms with van der Waals surface area (Å²) >= 11 is 4.87. The predicted molar refractivity (Wildman–Crippen MR) is 78.6 cm³/mol. The van der Waals surface area contributed by atoms with Crippen LogP contribution in [-0.2, 0) is 13.0 Å². The first-order valence-corrected chi connectivity index (χ1v) is 7.55. The zero-order valence-electron chi connectivity index (χ0n) is 10.4. The molecule has 1 amide bonds. The van der Waals surface area contributed by atoms with Gasteiger partial charge in [-0.15, -0.1) is 11.3 Å². The summed E-state index contributed by atoms with van der Waals surface area (Å²) in [6.45, 7) is 1.94. The number of fused-ring (bicyclic) bond motifs is 1. The number of halogens is 1. The van der Waals surface area contributed by atoms with Gasteiger partial charge in [0.2, 0.25) is 0 Å². The molecule has 0 aliphatic carbocycles. The molecule has 0 unspecified atom stereocenters. The van der Waals surface area contributed by atoms with Gasteiger partial charge in [0, 0.05) is 35.1 Å². The number of hydrogen-bond donors (Lipinski definition) is 2. The van der Waals surface area contributed by atoms with Crippen molar-refractivity contribution in [3.8, 4) is 0 Å². The van der Waals surface area contributed by atoms with Gasteiger partial charge in [-0.2, -0.15) is 0 Å². The highest BCUT2D eigenvalue weighted by Crippen LogP contribution is 2.28. The van der Waals surface area contributed by atoms with E-state index in [1.807, 2.05) is 0 Å². The number of likely N-dealkylation sites (N-methyl/N-ethyl adjacent to an activating group) is 1. The minimum atomic E-state index is -0.162. The third-order valence-corrected chi connectivity index (χ3v) is 4.49. The molecular formula is C12H13BrN4OS. The van der Waals surface area contributed by atoms with Crippen LogP contribution in [0, 0.1) is 0 Å². The number of aromatic nitrogens is 2. The number of hydrogen-bond acceptors (Lipinski definition) is 4. The number of amides is 1. The van der Waals surface area contributed by atoms with Gasteiger partial charge >= 0.3 is 0 Å². The van der Waals surface area contributed by atoms with Crippen molar-refractivity contribution in [2.45, 2.75) is 13.0 Å². The fourth-order valence-electron chi connectivity index (χ4n) is 2.04. The molecule has 0 radical (unpaired) electrons. The second-order valence-electron chi connectivity index (χ2n) is 4.56. The van der Waals surface area contributed by atoms with E-state index in [9.17, 15) is 4.79 Å². The number of anilines is 1. The number of nitrogens with zero attached hydrogens (tertiary/aromatic N) is 2. The number of carbonyl (C=O) groups excluding carboxylic acids is 1. The Hall–Kier alpha value is -1.18. The Morgan fingerprint density at radius 3 is 3.21 bits per heavy atom. The highest BCUT2D eigenvalue weighted by Gasteiger charge is 2.19. The van der Waals surface area contributed by atoms with Gasteiger partial charge < -0.3 is 9.88 Å². The van der Waals surface area contributed by atoms with Gasteiger partial charge in [-0.1, -0.05) is 0 Å². The molecule has 19 heavy (non-hydrogen) atoms. The van der Waals surface area contributed by atoms with Crippen LogP contribution in [0.5, 0.6) is 0 Å². The van der Waals surface area contributed by atoms with Crippen LogP contribution < -0.4 is 5.32 Å². The first kappa shape index (κ1) is 12.8.